The van der Waals surface area contributed by atoms with Crippen molar-refractivity contribution in [2.45, 2.75) is 58.5 Å². The molecule has 1 saturated carbocycles. The van der Waals surface area contributed by atoms with Crippen LogP contribution < -0.4 is 15.0 Å². The maximum Gasteiger partial charge on any atom is 0.218 e. The minimum atomic E-state index is -0.246. The van der Waals surface area contributed by atoms with Crippen molar-refractivity contribution in [3.05, 3.63) is 29.6 Å². The van der Waals surface area contributed by atoms with Gasteiger partial charge in [-0.05, 0) is 57.7 Å². The molecule has 2 aliphatic rings. The minimum Gasteiger partial charge on any atom is -0.494 e. The number of aromatic nitrogens is 1. The molecule has 1 aliphatic carbocycles. The van der Waals surface area contributed by atoms with Crippen LogP contribution in [-0.4, -0.2) is 65.1 Å². The van der Waals surface area contributed by atoms with Gasteiger partial charge in [-0.3, -0.25) is 9.47 Å². The highest BCUT2D eigenvalue weighted by molar-refractivity contribution is 5.65. The van der Waals surface area contributed by atoms with E-state index in [1.54, 1.807) is 16.7 Å². The van der Waals surface area contributed by atoms with E-state index in [1.807, 2.05) is 6.92 Å². The lowest BCUT2D eigenvalue weighted by atomic mass is 9.93. The fraction of sp³-hybridized carbons (Fsp3) is 0.600. The number of piperazine rings is 1. The van der Waals surface area contributed by atoms with E-state index < -0.39 is 0 Å². The minimum absolute atomic E-state index is 0.132. The Morgan fingerprint density at radius 3 is 2.52 bits per heavy atom. The molecule has 0 atom stereocenters. The molecule has 1 aromatic carbocycles. The molecule has 0 spiro atoms. The van der Waals surface area contributed by atoms with Gasteiger partial charge in [0, 0.05) is 50.4 Å². The van der Waals surface area contributed by atoms with E-state index in [2.05, 4.69) is 22.0 Å². The molecule has 2 heterocycles. The zero-order chi connectivity index (χ0) is 23.4. The van der Waals surface area contributed by atoms with Crippen LogP contribution in [0.1, 0.15) is 44.6 Å². The Morgan fingerprint density at radius 1 is 1.09 bits per heavy atom. The number of anilines is 2. The molecule has 7 nitrogen and oxygen atoms in total. The first-order valence-electron chi connectivity index (χ1n) is 12.2. The third-order valence-corrected chi connectivity index (χ3v) is 6.85. The summed E-state index contributed by atoms with van der Waals surface area (Å²) in [5.74, 6) is 0.772. The topological polar surface area (TPSA) is 73.1 Å². The summed E-state index contributed by atoms with van der Waals surface area (Å²) in [6.45, 7) is 9.32. The van der Waals surface area contributed by atoms with Crippen molar-refractivity contribution in [2.75, 3.05) is 49.5 Å². The Kier molecular flexibility index (Phi) is 7.53. The maximum atomic E-state index is 13.9. The van der Waals surface area contributed by atoms with Crippen molar-refractivity contribution in [1.82, 2.24) is 9.47 Å². The van der Waals surface area contributed by atoms with Gasteiger partial charge in [-0.25, -0.2) is 4.39 Å². The lowest BCUT2D eigenvalue weighted by molar-refractivity contribution is 0.245. The molecule has 1 aliphatic heterocycles. The first kappa shape index (κ1) is 23.5. The normalized spacial score (nSPS) is 17.2. The molecule has 2 fully saturated rings. The summed E-state index contributed by atoms with van der Waals surface area (Å²) in [5.41, 5.74) is 2.21. The van der Waals surface area contributed by atoms with E-state index in [1.165, 1.54) is 12.5 Å². The highest BCUT2D eigenvalue weighted by atomic mass is 19.1. The summed E-state index contributed by atoms with van der Waals surface area (Å²) >= 11 is 0. The Hall–Kier alpha value is -2.61. The average molecular weight is 461 g/mol. The molecule has 4 rings (SSSR count). The number of nitrogens with zero attached hydrogens (tertiary/aromatic N) is 3. The molecule has 0 bridgehead atoms. The van der Waals surface area contributed by atoms with E-state index in [-0.39, 0.29) is 17.6 Å². The lowest BCUT2D eigenvalue weighted by Gasteiger charge is -2.36. The van der Waals surface area contributed by atoms with Crippen LogP contribution in [0.3, 0.4) is 0 Å². The Morgan fingerprint density at radius 2 is 1.85 bits per heavy atom. The van der Waals surface area contributed by atoms with Gasteiger partial charge in [0.15, 0.2) is 5.88 Å². The van der Waals surface area contributed by atoms with E-state index in [4.69, 9.17) is 4.74 Å². The number of aromatic hydroxyl groups is 2. The quantitative estimate of drug-likeness (QED) is 0.491. The summed E-state index contributed by atoms with van der Waals surface area (Å²) in [7, 11) is 0. The van der Waals surface area contributed by atoms with Gasteiger partial charge in [0.25, 0.3) is 0 Å². The van der Waals surface area contributed by atoms with Gasteiger partial charge < -0.3 is 25.2 Å². The van der Waals surface area contributed by atoms with Crippen molar-refractivity contribution in [2.24, 2.45) is 0 Å². The molecule has 8 heteroatoms. The predicted octanol–water partition coefficient (Wildman–Crippen LogP) is 4.31. The van der Waals surface area contributed by atoms with Crippen molar-refractivity contribution in [1.29, 1.82) is 0 Å². The number of halogens is 1. The van der Waals surface area contributed by atoms with Gasteiger partial charge in [0.05, 0.1) is 12.3 Å². The molecular weight excluding hydrogens is 423 g/mol. The van der Waals surface area contributed by atoms with Crippen molar-refractivity contribution < 1.29 is 19.3 Å². The Bertz CT molecular complexity index is 936. The molecule has 1 saturated heterocycles. The zero-order valence-corrected chi connectivity index (χ0v) is 19.8. The second-order valence-corrected chi connectivity index (χ2v) is 9.21. The molecule has 0 amide bonds. The van der Waals surface area contributed by atoms with Gasteiger partial charge in [-0.15, -0.1) is 0 Å². The van der Waals surface area contributed by atoms with Crippen LogP contribution in [0.2, 0.25) is 0 Å². The SMILES string of the molecule is CCCOc1ccc(F)cc1N1CCN(CCCn2c(O)c(C)c(NC3CCC3)c2O)CC1. The number of benzene rings is 1. The molecule has 1 aromatic heterocycles. The second-order valence-electron chi connectivity index (χ2n) is 9.21. The van der Waals surface area contributed by atoms with Crippen molar-refractivity contribution >= 4 is 11.4 Å². The van der Waals surface area contributed by atoms with Crippen LogP contribution in [0.5, 0.6) is 17.5 Å². The fourth-order valence-corrected chi connectivity index (χ4v) is 4.60. The maximum absolute atomic E-state index is 13.9. The second kappa shape index (κ2) is 10.5. The first-order valence-corrected chi connectivity index (χ1v) is 12.2. The summed E-state index contributed by atoms with van der Waals surface area (Å²) in [5, 5.41) is 24.5. The lowest BCUT2D eigenvalue weighted by Crippen LogP contribution is -2.46. The molecular formula is C25H37FN4O3. The van der Waals surface area contributed by atoms with Crippen molar-refractivity contribution in [3.63, 3.8) is 0 Å². The summed E-state index contributed by atoms with van der Waals surface area (Å²) in [4.78, 5) is 4.57. The summed E-state index contributed by atoms with van der Waals surface area (Å²) in [6, 6.07) is 5.13. The number of rotatable bonds is 10. The average Bonchev–Trinajstić information content (AvgIpc) is 2.98. The van der Waals surface area contributed by atoms with Gasteiger partial charge in [0.1, 0.15) is 17.3 Å². The molecule has 3 N–H and O–H groups in total. The van der Waals surface area contributed by atoms with Gasteiger partial charge >= 0.3 is 0 Å². The predicted molar refractivity (Wildman–Crippen MR) is 129 cm³/mol. The van der Waals surface area contributed by atoms with E-state index in [0.717, 1.165) is 69.8 Å². The molecule has 33 heavy (non-hydrogen) atoms. The van der Waals surface area contributed by atoms with E-state index >= 15 is 0 Å². The van der Waals surface area contributed by atoms with E-state index in [9.17, 15) is 14.6 Å². The molecule has 0 radical (unpaired) electrons. The smallest absolute Gasteiger partial charge is 0.218 e. The zero-order valence-electron chi connectivity index (χ0n) is 19.8. The number of ether oxygens (including phenoxy) is 1. The summed E-state index contributed by atoms with van der Waals surface area (Å²) < 4.78 is 21.3. The largest absolute Gasteiger partial charge is 0.494 e. The van der Waals surface area contributed by atoms with Crippen LogP contribution in [0.4, 0.5) is 15.8 Å². The van der Waals surface area contributed by atoms with Gasteiger partial charge in [-0.1, -0.05) is 6.92 Å². The van der Waals surface area contributed by atoms with Gasteiger partial charge in [-0.2, -0.15) is 0 Å². The first-order chi connectivity index (χ1) is 16.0. The summed E-state index contributed by atoms with van der Waals surface area (Å²) in [6.07, 6.45) is 5.17. The highest BCUT2D eigenvalue weighted by Crippen LogP contribution is 2.40. The standard InChI is InChI=1S/C25H37FN4O3/c1-3-16-33-22-9-8-19(26)17-21(22)29-14-12-28(13-15-29)10-5-11-30-24(31)18(2)23(25(30)32)27-20-6-4-7-20/h8-9,17,20,27,31-32H,3-7,10-16H2,1-2H3. The third kappa shape index (κ3) is 5.32. The van der Waals surface area contributed by atoms with Crippen LogP contribution in [-0.2, 0) is 6.54 Å². The van der Waals surface area contributed by atoms with Crippen LogP contribution in [0.25, 0.3) is 0 Å². The monoisotopic (exact) mass is 460 g/mol. The number of hydrogen-bond acceptors (Lipinski definition) is 6. The Labute approximate surface area is 195 Å². The highest BCUT2D eigenvalue weighted by Gasteiger charge is 2.25. The fourth-order valence-electron chi connectivity index (χ4n) is 4.60. The Balaban J connectivity index is 1.29. The molecule has 0 unspecified atom stereocenters. The molecule has 182 valence electrons. The number of hydrogen-bond donors (Lipinski definition) is 3. The number of nitrogens with one attached hydrogen (secondary N) is 1. The van der Waals surface area contributed by atoms with Crippen LogP contribution in [0, 0.1) is 12.7 Å². The van der Waals surface area contributed by atoms with Crippen molar-refractivity contribution in [3.8, 4) is 17.5 Å². The third-order valence-electron chi connectivity index (χ3n) is 6.85. The van der Waals surface area contributed by atoms with Crippen LogP contribution in [0.15, 0.2) is 18.2 Å². The van der Waals surface area contributed by atoms with E-state index in [0.29, 0.717) is 30.4 Å². The molecule has 2 aromatic rings. The van der Waals surface area contributed by atoms with Gasteiger partial charge in [0.2, 0.25) is 5.88 Å². The van der Waals surface area contributed by atoms with Crippen LogP contribution >= 0.6 is 0 Å².